The van der Waals surface area contributed by atoms with Gasteiger partial charge in [-0.1, -0.05) is 18.6 Å². The molecule has 0 aliphatic heterocycles. The molecule has 2 unspecified atom stereocenters. The van der Waals surface area contributed by atoms with Crippen molar-refractivity contribution in [1.29, 1.82) is 0 Å². The average molecular weight is 262 g/mol. The Kier molecular flexibility index (Phi) is 4.56. The van der Waals surface area contributed by atoms with Gasteiger partial charge in [0.05, 0.1) is 6.10 Å². The van der Waals surface area contributed by atoms with Crippen molar-refractivity contribution in [2.75, 3.05) is 13.6 Å². The van der Waals surface area contributed by atoms with Gasteiger partial charge in [0.1, 0.15) is 0 Å². The summed E-state index contributed by atoms with van der Waals surface area (Å²) in [5, 5.41) is 9.83. The van der Waals surface area contributed by atoms with Crippen LogP contribution in [0.15, 0.2) is 24.3 Å². The zero-order valence-electron chi connectivity index (χ0n) is 11.4. The number of aliphatic hydroxyl groups excluding tert-OH is 1. The van der Waals surface area contributed by atoms with E-state index in [0.717, 1.165) is 37.9 Å². The number of hydrogen-bond acceptors (Lipinski definition) is 3. The molecular weight excluding hydrogens is 240 g/mol. The van der Waals surface area contributed by atoms with Crippen LogP contribution in [0, 0.1) is 5.92 Å². The zero-order valence-corrected chi connectivity index (χ0v) is 11.4. The van der Waals surface area contributed by atoms with Crippen LogP contribution in [0.4, 0.5) is 0 Å². The number of nitrogens with two attached hydrogens (primary N) is 1. The van der Waals surface area contributed by atoms with E-state index in [9.17, 15) is 9.90 Å². The molecule has 0 radical (unpaired) electrons. The number of hydrogen-bond donors (Lipinski definition) is 2. The Morgan fingerprint density at radius 2 is 2.26 bits per heavy atom. The third-order valence-electron chi connectivity index (χ3n) is 3.83. The highest BCUT2D eigenvalue weighted by Gasteiger charge is 2.26. The number of carbonyl (C=O) groups excluding carboxylic acids is 1. The molecule has 2 rings (SSSR count). The zero-order chi connectivity index (χ0) is 13.8. The van der Waals surface area contributed by atoms with Gasteiger partial charge < -0.3 is 15.7 Å². The minimum atomic E-state index is -0.393. The highest BCUT2D eigenvalue weighted by atomic mass is 16.3. The fourth-order valence-electron chi connectivity index (χ4n) is 2.83. The molecule has 1 aliphatic rings. The lowest BCUT2D eigenvalue weighted by Gasteiger charge is -2.23. The minimum absolute atomic E-state index is 0.153. The Balaban J connectivity index is 1.93. The molecule has 1 saturated carbocycles. The molecule has 4 heteroatoms. The van der Waals surface area contributed by atoms with Crippen molar-refractivity contribution in [3.63, 3.8) is 0 Å². The molecule has 1 amide bonds. The fraction of sp³-hybridized carbons (Fsp3) is 0.533. The van der Waals surface area contributed by atoms with Crippen LogP contribution in [0.25, 0.3) is 0 Å². The maximum atomic E-state index is 11.1. The van der Waals surface area contributed by atoms with E-state index in [2.05, 4.69) is 4.90 Å². The van der Waals surface area contributed by atoms with Crippen molar-refractivity contribution >= 4 is 5.91 Å². The Bertz CT molecular complexity index is 448. The van der Waals surface area contributed by atoms with Crippen LogP contribution < -0.4 is 5.73 Å². The molecule has 19 heavy (non-hydrogen) atoms. The predicted molar refractivity (Wildman–Crippen MR) is 74.6 cm³/mol. The first kappa shape index (κ1) is 14.0. The van der Waals surface area contributed by atoms with Crippen molar-refractivity contribution < 1.29 is 9.90 Å². The van der Waals surface area contributed by atoms with Crippen LogP contribution in [0.2, 0.25) is 0 Å². The fourth-order valence-corrected chi connectivity index (χ4v) is 2.83. The lowest BCUT2D eigenvalue weighted by atomic mass is 10.0. The highest BCUT2D eigenvalue weighted by Crippen LogP contribution is 2.26. The first-order chi connectivity index (χ1) is 9.06. The molecule has 0 saturated heterocycles. The van der Waals surface area contributed by atoms with Crippen molar-refractivity contribution in [3.8, 4) is 0 Å². The summed E-state index contributed by atoms with van der Waals surface area (Å²) in [6.07, 6.45) is 3.00. The van der Waals surface area contributed by atoms with Crippen LogP contribution in [-0.4, -0.2) is 35.6 Å². The molecule has 2 atom stereocenters. The van der Waals surface area contributed by atoms with Crippen molar-refractivity contribution in [2.45, 2.75) is 31.9 Å². The molecule has 4 nitrogen and oxygen atoms in total. The molecule has 0 bridgehead atoms. The lowest BCUT2D eigenvalue weighted by Crippen LogP contribution is -2.29. The van der Waals surface area contributed by atoms with Crippen LogP contribution in [0.1, 0.15) is 35.2 Å². The molecule has 1 aromatic carbocycles. The summed E-state index contributed by atoms with van der Waals surface area (Å²) < 4.78 is 0. The first-order valence-electron chi connectivity index (χ1n) is 6.81. The van der Waals surface area contributed by atoms with Gasteiger partial charge in [-0.25, -0.2) is 0 Å². The van der Waals surface area contributed by atoms with Gasteiger partial charge in [0.2, 0.25) is 5.91 Å². The summed E-state index contributed by atoms with van der Waals surface area (Å²) in [6.45, 7) is 1.66. The quantitative estimate of drug-likeness (QED) is 0.842. The maximum Gasteiger partial charge on any atom is 0.248 e. The van der Waals surface area contributed by atoms with Crippen LogP contribution in [0.5, 0.6) is 0 Å². The van der Waals surface area contributed by atoms with Crippen molar-refractivity contribution in [1.82, 2.24) is 4.90 Å². The summed E-state index contributed by atoms with van der Waals surface area (Å²) in [4.78, 5) is 13.3. The third-order valence-corrected chi connectivity index (χ3v) is 3.83. The van der Waals surface area contributed by atoms with E-state index >= 15 is 0 Å². The molecule has 1 aromatic rings. The first-order valence-corrected chi connectivity index (χ1v) is 6.81. The van der Waals surface area contributed by atoms with Gasteiger partial charge in [0, 0.05) is 18.7 Å². The van der Waals surface area contributed by atoms with E-state index in [4.69, 9.17) is 5.73 Å². The SMILES string of the molecule is CN(Cc1cccc(C(N)=O)c1)CC1CCCC1O. The predicted octanol–water partition coefficient (Wildman–Crippen LogP) is 1.38. The van der Waals surface area contributed by atoms with Crippen LogP contribution >= 0.6 is 0 Å². The molecular formula is C15H22N2O2. The molecule has 0 heterocycles. The number of benzene rings is 1. The lowest BCUT2D eigenvalue weighted by molar-refractivity contribution is 0.1000. The number of carbonyl (C=O) groups is 1. The van der Waals surface area contributed by atoms with Gasteiger partial charge in [-0.15, -0.1) is 0 Å². The monoisotopic (exact) mass is 262 g/mol. The molecule has 0 aromatic heterocycles. The summed E-state index contributed by atoms with van der Waals surface area (Å²) in [5.41, 5.74) is 6.90. The Morgan fingerprint density at radius 1 is 1.47 bits per heavy atom. The smallest absolute Gasteiger partial charge is 0.248 e. The Hall–Kier alpha value is -1.39. The molecule has 1 fully saturated rings. The third kappa shape index (κ3) is 3.78. The normalized spacial score (nSPS) is 22.9. The van der Waals surface area contributed by atoms with E-state index in [1.165, 1.54) is 0 Å². The average Bonchev–Trinajstić information content (AvgIpc) is 2.75. The number of primary amides is 1. The van der Waals surface area contributed by atoms with Crippen LogP contribution in [0.3, 0.4) is 0 Å². The number of nitrogens with zero attached hydrogens (tertiary/aromatic N) is 1. The largest absolute Gasteiger partial charge is 0.393 e. The van der Waals surface area contributed by atoms with Crippen molar-refractivity contribution in [3.05, 3.63) is 35.4 Å². The molecule has 1 aliphatic carbocycles. The Labute approximate surface area is 114 Å². The summed E-state index contributed by atoms with van der Waals surface area (Å²) in [5.74, 6) is -0.0139. The maximum absolute atomic E-state index is 11.1. The van der Waals surface area contributed by atoms with E-state index in [0.29, 0.717) is 11.5 Å². The number of aliphatic hydroxyl groups is 1. The van der Waals surface area contributed by atoms with Gasteiger partial charge in [-0.3, -0.25) is 4.79 Å². The van der Waals surface area contributed by atoms with E-state index in [1.54, 1.807) is 6.07 Å². The second kappa shape index (κ2) is 6.17. The van der Waals surface area contributed by atoms with Gasteiger partial charge >= 0.3 is 0 Å². The van der Waals surface area contributed by atoms with E-state index in [-0.39, 0.29) is 6.10 Å². The highest BCUT2D eigenvalue weighted by molar-refractivity contribution is 5.92. The minimum Gasteiger partial charge on any atom is -0.393 e. The second-order valence-corrected chi connectivity index (χ2v) is 5.52. The Morgan fingerprint density at radius 3 is 2.89 bits per heavy atom. The van der Waals surface area contributed by atoms with Gasteiger partial charge in [-0.2, -0.15) is 0 Å². The number of rotatable bonds is 5. The van der Waals surface area contributed by atoms with Crippen molar-refractivity contribution in [2.24, 2.45) is 11.7 Å². The van der Waals surface area contributed by atoms with E-state index in [1.807, 2.05) is 25.2 Å². The second-order valence-electron chi connectivity index (χ2n) is 5.52. The van der Waals surface area contributed by atoms with Crippen LogP contribution in [-0.2, 0) is 6.54 Å². The van der Waals surface area contributed by atoms with Gasteiger partial charge in [0.15, 0.2) is 0 Å². The van der Waals surface area contributed by atoms with Gasteiger partial charge in [-0.05, 0) is 43.5 Å². The number of amides is 1. The summed E-state index contributed by atoms with van der Waals surface area (Å²) in [6, 6.07) is 7.41. The topological polar surface area (TPSA) is 66.6 Å². The van der Waals surface area contributed by atoms with Gasteiger partial charge in [0.25, 0.3) is 0 Å². The molecule has 3 N–H and O–H groups in total. The molecule has 0 spiro atoms. The summed E-state index contributed by atoms with van der Waals surface area (Å²) >= 11 is 0. The molecule has 104 valence electrons. The summed E-state index contributed by atoms with van der Waals surface area (Å²) in [7, 11) is 2.04. The van der Waals surface area contributed by atoms with E-state index < -0.39 is 5.91 Å². The standard InChI is InChI=1S/C15H22N2O2/c1-17(10-13-6-3-7-14(13)18)9-11-4-2-5-12(8-11)15(16)19/h2,4-5,8,13-14,18H,3,6-7,9-10H2,1H3,(H2,16,19).